The minimum atomic E-state index is -0.840. The molecule has 7 heteroatoms. The van der Waals surface area contributed by atoms with Crippen molar-refractivity contribution in [2.24, 2.45) is 17.8 Å². The van der Waals surface area contributed by atoms with Gasteiger partial charge < -0.3 is 20.5 Å². The molecule has 0 radical (unpaired) electrons. The smallest absolute Gasteiger partial charge is 0.407 e. The number of fused-ring (bicyclic) bond motifs is 3. The van der Waals surface area contributed by atoms with Crippen molar-refractivity contribution in [1.29, 1.82) is 0 Å². The third-order valence-electron chi connectivity index (χ3n) is 8.01. The molecule has 7 nitrogen and oxygen atoms in total. The average molecular weight is 477 g/mol. The van der Waals surface area contributed by atoms with Gasteiger partial charge in [0.2, 0.25) is 5.91 Å². The summed E-state index contributed by atoms with van der Waals surface area (Å²) in [6, 6.07) is 16.1. The summed E-state index contributed by atoms with van der Waals surface area (Å²) in [6.07, 6.45) is 4.19. The summed E-state index contributed by atoms with van der Waals surface area (Å²) < 4.78 is 5.63. The number of carboxylic acids is 1. The van der Waals surface area contributed by atoms with E-state index in [-0.39, 0.29) is 36.3 Å². The number of rotatable bonds is 7. The highest BCUT2D eigenvalue weighted by molar-refractivity contribution is 5.81. The third-order valence-corrected chi connectivity index (χ3v) is 8.01. The van der Waals surface area contributed by atoms with Crippen LogP contribution in [0.3, 0.4) is 0 Å². The number of amides is 2. The molecule has 2 amide bonds. The lowest BCUT2D eigenvalue weighted by atomic mass is 9.94. The van der Waals surface area contributed by atoms with Crippen molar-refractivity contribution in [3.8, 4) is 11.1 Å². The Labute approximate surface area is 205 Å². The van der Waals surface area contributed by atoms with E-state index in [9.17, 15) is 19.5 Å². The van der Waals surface area contributed by atoms with Gasteiger partial charge in [-0.1, -0.05) is 61.4 Å². The molecule has 0 spiro atoms. The van der Waals surface area contributed by atoms with Gasteiger partial charge in [-0.05, 0) is 53.9 Å². The maximum atomic E-state index is 12.9. The largest absolute Gasteiger partial charge is 0.481 e. The van der Waals surface area contributed by atoms with Crippen LogP contribution in [0.1, 0.15) is 55.6 Å². The van der Waals surface area contributed by atoms with E-state index < -0.39 is 18.0 Å². The first kappa shape index (κ1) is 23.4. The lowest BCUT2D eigenvalue weighted by molar-refractivity contribution is -0.142. The number of hydrogen-bond donors (Lipinski definition) is 3. The van der Waals surface area contributed by atoms with Gasteiger partial charge >= 0.3 is 12.1 Å². The van der Waals surface area contributed by atoms with Crippen molar-refractivity contribution >= 4 is 18.0 Å². The fourth-order valence-electron chi connectivity index (χ4n) is 6.21. The van der Waals surface area contributed by atoms with Crippen molar-refractivity contribution in [2.75, 3.05) is 13.2 Å². The first-order chi connectivity index (χ1) is 17.0. The van der Waals surface area contributed by atoms with E-state index in [4.69, 9.17) is 4.74 Å². The number of nitrogens with one attached hydrogen (secondary N) is 2. The molecule has 35 heavy (non-hydrogen) atoms. The van der Waals surface area contributed by atoms with Gasteiger partial charge in [-0.2, -0.15) is 0 Å². The van der Waals surface area contributed by atoms with Crippen LogP contribution in [-0.4, -0.2) is 42.3 Å². The van der Waals surface area contributed by atoms with Gasteiger partial charge in [-0.3, -0.25) is 9.59 Å². The molecule has 0 bridgehead atoms. The molecule has 3 aliphatic rings. The summed E-state index contributed by atoms with van der Waals surface area (Å²) in [7, 11) is 0. The van der Waals surface area contributed by atoms with Crippen molar-refractivity contribution in [3.05, 3.63) is 59.7 Å². The van der Waals surface area contributed by atoms with E-state index >= 15 is 0 Å². The van der Waals surface area contributed by atoms with Crippen LogP contribution in [0.4, 0.5) is 4.79 Å². The maximum absolute atomic E-state index is 12.9. The minimum absolute atomic E-state index is 0.00625. The second-order valence-corrected chi connectivity index (χ2v) is 9.99. The molecule has 184 valence electrons. The zero-order chi connectivity index (χ0) is 24.4. The molecule has 5 rings (SSSR count). The molecule has 0 aromatic heterocycles. The van der Waals surface area contributed by atoms with E-state index in [1.807, 2.05) is 24.3 Å². The Bertz CT molecular complexity index is 1070. The molecule has 3 aliphatic carbocycles. The minimum Gasteiger partial charge on any atom is -0.481 e. The summed E-state index contributed by atoms with van der Waals surface area (Å²) in [4.78, 5) is 36.9. The molecule has 4 atom stereocenters. The summed E-state index contributed by atoms with van der Waals surface area (Å²) >= 11 is 0. The molecule has 2 aromatic rings. The zero-order valence-corrected chi connectivity index (χ0v) is 19.7. The predicted molar refractivity (Wildman–Crippen MR) is 131 cm³/mol. The first-order valence-corrected chi connectivity index (χ1v) is 12.6. The number of benzene rings is 2. The van der Waals surface area contributed by atoms with Gasteiger partial charge in [-0.25, -0.2) is 4.79 Å². The number of carbonyl (C=O) groups is 3. The summed E-state index contributed by atoms with van der Waals surface area (Å²) in [5.41, 5.74) is 4.70. The van der Waals surface area contributed by atoms with Crippen LogP contribution in [0.2, 0.25) is 0 Å². The predicted octanol–water partition coefficient (Wildman–Crippen LogP) is 4.31. The molecular weight excluding hydrogens is 444 g/mol. The van der Waals surface area contributed by atoms with Crippen LogP contribution >= 0.6 is 0 Å². The number of carbonyl (C=O) groups excluding carboxylic acids is 2. The standard InChI is InChI=1S/C28H32N2O5/c31-26(30-25-14-6-13-23(25)27(32)33)18-12-5-7-17(18)15-29-28(34)35-16-24-21-10-3-1-8-19(21)20-9-2-4-11-22(20)24/h1-4,8-11,17-18,23-25H,5-7,12-16H2,(H,29,34)(H,30,31)(H,32,33)/t17-,18-,23-,25+/m0/s1. The number of ether oxygens (including phenoxy) is 1. The first-order valence-electron chi connectivity index (χ1n) is 12.6. The van der Waals surface area contributed by atoms with E-state index in [1.54, 1.807) is 0 Å². The lowest BCUT2D eigenvalue weighted by Gasteiger charge is -2.24. The number of alkyl carbamates (subject to hydrolysis) is 1. The molecule has 0 aliphatic heterocycles. The number of carboxylic acid groups (broad SMARTS) is 1. The van der Waals surface area contributed by atoms with Gasteiger partial charge in [0.1, 0.15) is 6.61 Å². The van der Waals surface area contributed by atoms with E-state index in [1.165, 1.54) is 22.3 Å². The fraction of sp³-hybridized carbons (Fsp3) is 0.464. The summed E-state index contributed by atoms with van der Waals surface area (Å²) in [5, 5.41) is 15.2. The molecule has 0 unspecified atom stereocenters. The number of aliphatic carboxylic acids is 1. The topological polar surface area (TPSA) is 105 Å². The van der Waals surface area contributed by atoms with Crippen molar-refractivity contribution in [2.45, 2.75) is 50.5 Å². The Morgan fingerprint density at radius 3 is 2.17 bits per heavy atom. The van der Waals surface area contributed by atoms with Crippen LogP contribution in [-0.2, 0) is 14.3 Å². The second-order valence-electron chi connectivity index (χ2n) is 9.99. The fourth-order valence-corrected chi connectivity index (χ4v) is 6.21. The molecular formula is C28H32N2O5. The Kier molecular flexibility index (Phi) is 6.75. The van der Waals surface area contributed by atoms with Crippen molar-refractivity contribution < 1.29 is 24.2 Å². The van der Waals surface area contributed by atoms with E-state index in [0.717, 1.165) is 25.7 Å². The average Bonchev–Trinajstić information content (AvgIpc) is 3.59. The van der Waals surface area contributed by atoms with Crippen LogP contribution in [0.15, 0.2) is 48.5 Å². The molecule has 2 saturated carbocycles. The molecule has 0 saturated heterocycles. The Morgan fingerprint density at radius 1 is 0.857 bits per heavy atom. The van der Waals surface area contributed by atoms with Gasteiger partial charge in [0.15, 0.2) is 0 Å². The van der Waals surface area contributed by atoms with Gasteiger partial charge in [-0.15, -0.1) is 0 Å². The molecule has 2 fully saturated rings. The third kappa shape index (κ3) is 4.77. The van der Waals surface area contributed by atoms with E-state index in [2.05, 4.69) is 34.9 Å². The van der Waals surface area contributed by atoms with E-state index in [0.29, 0.717) is 19.4 Å². The maximum Gasteiger partial charge on any atom is 0.407 e. The lowest BCUT2D eigenvalue weighted by Crippen LogP contribution is -2.45. The van der Waals surface area contributed by atoms with Gasteiger partial charge in [0.25, 0.3) is 0 Å². The monoisotopic (exact) mass is 476 g/mol. The molecule has 0 heterocycles. The number of hydrogen-bond acceptors (Lipinski definition) is 4. The Balaban J connectivity index is 1.14. The van der Waals surface area contributed by atoms with Gasteiger partial charge in [0, 0.05) is 24.4 Å². The Hall–Kier alpha value is -3.35. The zero-order valence-electron chi connectivity index (χ0n) is 19.7. The highest BCUT2D eigenvalue weighted by Gasteiger charge is 2.38. The highest BCUT2D eigenvalue weighted by Crippen LogP contribution is 2.44. The molecule has 2 aromatic carbocycles. The summed E-state index contributed by atoms with van der Waals surface area (Å²) in [5.74, 6) is -1.60. The Morgan fingerprint density at radius 2 is 1.49 bits per heavy atom. The van der Waals surface area contributed by atoms with Crippen molar-refractivity contribution in [3.63, 3.8) is 0 Å². The van der Waals surface area contributed by atoms with Crippen LogP contribution in [0.5, 0.6) is 0 Å². The van der Waals surface area contributed by atoms with Crippen LogP contribution in [0.25, 0.3) is 11.1 Å². The quantitative estimate of drug-likeness (QED) is 0.552. The van der Waals surface area contributed by atoms with Crippen LogP contribution < -0.4 is 10.6 Å². The molecule has 3 N–H and O–H groups in total. The van der Waals surface area contributed by atoms with Crippen LogP contribution in [0, 0.1) is 17.8 Å². The summed E-state index contributed by atoms with van der Waals surface area (Å²) in [6.45, 7) is 0.633. The second kappa shape index (κ2) is 10.1. The highest BCUT2D eigenvalue weighted by atomic mass is 16.5. The van der Waals surface area contributed by atoms with Crippen molar-refractivity contribution in [1.82, 2.24) is 10.6 Å². The SMILES string of the molecule is O=C(NC[C@@H]1CCC[C@@H]1C(=O)N[C@@H]1CCC[C@@H]1C(=O)O)OCC1c2ccccc2-c2ccccc21. The van der Waals surface area contributed by atoms with Gasteiger partial charge in [0.05, 0.1) is 5.92 Å². The normalized spacial score (nSPS) is 25.0.